The first-order chi connectivity index (χ1) is 17.9. The van der Waals surface area contributed by atoms with E-state index in [0.29, 0.717) is 59.5 Å². The number of hydrogen-bond donors (Lipinski definition) is 2. The lowest BCUT2D eigenvalue weighted by atomic mass is 10.1. The summed E-state index contributed by atoms with van der Waals surface area (Å²) < 4.78 is 11.1. The predicted octanol–water partition coefficient (Wildman–Crippen LogP) is 4.41. The predicted molar refractivity (Wildman–Crippen MR) is 142 cm³/mol. The van der Waals surface area contributed by atoms with E-state index in [4.69, 9.17) is 33.0 Å². The monoisotopic (exact) mass is 538 g/mol. The van der Waals surface area contributed by atoms with Gasteiger partial charge in [-0.05, 0) is 48.6 Å². The van der Waals surface area contributed by atoms with Gasteiger partial charge in [0.25, 0.3) is 11.6 Å². The van der Waals surface area contributed by atoms with Crippen molar-refractivity contribution in [1.82, 2.24) is 15.3 Å². The molecule has 0 bridgehead atoms. The minimum absolute atomic E-state index is 0.00284. The van der Waals surface area contributed by atoms with Crippen LogP contribution in [0.2, 0.25) is 5.02 Å². The second-order valence-corrected chi connectivity index (χ2v) is 8.82. The zero-order valence-electron chi connectivity index (χ0n) is 19.1. The van der Waals surface area contributed by atoms with Gasteiger partial charge in [0, 0.05) is 37.1 Å². The number of oxazole rings is 1. The van der Waals surface area contributed by atoms with E-state index in [1.54, 1.807) is 42.6 Å². The van der Waals surface area contributed by atoms with Crippen molar-refractivity contribution in [3.05, 3.63) is 75.4 Å². The van der Waals surface area contributed by atoms with Gasteiger partial charge in [0.2, 0.25) is 5.89 Å². The minimum atomic E-state index is -0.582. The van der Waals surface area contributed by atoms with E-state index in [2.05, 4.69) is 20.6 Å². The number of amides is 1. The van der Waals surface area contributed by atoms with Crippen molar-refractivity contribution in [2.45, 2.75) is 0 Å². The SMILES string of the molecule is O=C(NC(=S)Nc1ccc(Cl)c(-c2nc3ncccc3o2)c1)c1cc([N+](=O)[O-])ccc1N1CCOCC1. The Labute approximate surface area is 220 Å². The summed E-state index contributed by atoms with van der Waals surface area (Å²) in [6.45, 7) is 2.10. The van der Waals surface area contributed by atoms with Crippen molar-refractivity contribution < 1.29 is 18.9 Å². The molecule has 13 heteroatoms. The molecule has 2 N–H and O–H groups in total. The molecule has 0 atom stereocenters. The molecule has 0 radical (unpaired) electrons. The molecule has 5 rings (SSSR count). The third-order valence-corrected chi connectivity index (χ3v) is 6.17. The van der Waals surface area contributed by atoms with Crippen molar-refractivity contribution in [2.24, 2.45) is 0 Å². The first-order valence-electron chi connectivity index (χ1n) is 11.1. The van der Waals surface area contributed by atoms with Crippen molar-refractivity contribution in [2.75, 3.05) is 36.5 Å². The maximum Gasteiger partial charge on any atom is 0.270 e. The number of halogens is 1. The Morgan fingerprint density at radius 3 is 2.73 bits per heavy atom. The van der Waals surface area contributed by atoms with Gasteiger partial charge in [-0.1, -0.05) is 11.6 Å². The molecule has 1 fully saturated rings. The number of nitrogens with zero attached hydrogens (tertiary/aromatic N) is 4. The molecule has 3 heterocycles. The number of carbonyl (C=O) groups excluding carboxylic acids is 1. The van der Waals surface area contributed by atoms with E-state index in [1.807, 2.05) is 4.90 Å². The number of nitro benzene ring substituents is 1. The summed E-state index contributed by atoms with van der Waals surface area (Å²) in [4.78, 5) is 34.4. The number of morpholine rings is 1. The maximum absolute atomic E-state index is 13.2. The quantitative estimate of drug-likeness (QED) is 0.213. The smallest absolute Gasteiger partial charge is 0.270 e. The Morgan fingerprint density at radius 2 is 1.97 bits per heavy atom. The molecule has 1 amide bonds. The highest BCUT2D eigenvalue weighted by molar-refractivity contribution is 7.80. The molecule has 0 aliphatic carbocycles. The number of thiocarbonyl (C=S) groups is 1. The van der Waals surface area contributed by atoms with Crippen molar-refractivity contribution in [3.8, 4) is 11.5 Å². The van der Waals surface area contributed by atoms with Crippen LogP contribution in [0.3, 0.4) is 0 Å². The van der Waals surface area contributed by atoms with Crippen LogP contribution in [-0.2, 0) is 4.74 Å². The minimum Gasteiger partial charge on any atom is -0.434 e. The number of aromatic nitrogens is 2. The molecular formula is C24H19ClN6O5S. The molecule has 37 heavy (non-hydrogen) atoms. The molecule has 0 unspecified atom stereocenters. The molecule has 1 aliphatic heterocycles. The highest BCUT2D eigenvalue weighted by Gasteiger charge is 2.23. The molecule has 4 aromatic rings. The Bertz CT molecular complexity index is 1490. The van der Waals surface area contributed by atoms with Gasteiger partial charge in [-0.25, -0.2) is 4.98 Å². The van der Waals surface area contributed by atoms with Crippen LogP contribution in [0.5, 0.6) is 0 Å². The molecule has 1 aliphatic rings. The number of ether oxygens (including phenoxy) is 1. The van der Waals surface area contributed by atoms with E-state index in [0.717, 1.165) is 0 Å². The largest absolute Gasteiger partial charge is 0.434 e. The van der Waals surface area contributed by atoms with E-state index in [-0.39, 0.29) is 22.3 Å². The number of non-ortho nitro benzene ring substituents is 1. The fraction of sp³-hybridized carbons (Fsp3) is 0.167. The second-order valence-electron chi connectivity index (χ2n) is 8.01. The van der Waals surface area contributed by atoms with Crippen molar-refractivity contribution >= 4 is 63.1 Å². The number of nitrogens with one attached hydrogen (secondary N) is 2. The van der Waals surface area contributed by atoms with Gasteiger partial charge < -0.3 is 19.4 Å². The van der Waals surface area contributed by atoms with Gasteiger partial charge in [-0.3, -0.25) is 20.2 Å². The lowest BCUT2D eigenvalue weighted by Gasteiger charge is -2.30. The van der Waals surface area contributed by atoms with Crippen LogP contribution < -0.4 is 15.5 Å². The molecule has 1 saturated heterocycles. The zero-order chi connectivity index (χ0) is 25.9. The number of benzene rings is 2. The van der Waals surface area contributed by atoms with E-state index >= 15 is 0 Å². The summed E-state index contributed by atoms with van der Waals surface area (Å²) in [5.74, 6) is -0.300. The number of hydrogen-bond acceptors (Lipinski definition) is 9. The summed E-state index contributed by atoms with van der Waals surface area (Å²) in [6, 6.07) is 12.7. The van der Waals surface area contributed by atoms with Gasteiger partial charge in [-0.2, -0.15) is 4.98 Å². The van der Waals surface area contributed by atoms with Crippen LogP contribution in [0.1, 0.15) is 10.4 Å². The van der Waals surface area contributed by atoms with Gasteiger partial charge in [0.1, 0.15) is 0 Å². The first kappa shape index (κ1) is 24.6. The first-order valence-corrected chi connectivity index (χ1v) is 11.9. The highest BCUT2D eigenvalue weighted by Crippen LogP contribution is 2.32. The fourth-order valence-electron chi connectivity index (χ4n) is 3.88. The number of anilines is 2. The summed E-state index contributed by atoms with van der Waals surface area (Å²) in [5.41, 5.74) is 2.49. The van der Waals surface area contributed by atoms with E-state index in [1.165, 1.54) is 12.1 Å². The number of pyridine rings is 1. The summed E-state index contributed by atoms with van der Waals surface area (Å²) >= 11 is 11.7. The average Bonchev–Trinajstić information content (AvgIpc) is 3.34. The van der Waals surface area contributed by atoms with Gasteiger partial charge in [-0.15, -0.1) is 0 Å². The summed E-state index contributed by atoms with van der Waals surface area (Å²) in [6.07, 6.45) is 1.61. The topological polar surface area (TPSA) is 136 Å². The molecule has 188 valence electrons. The highest BCUT2D eigenvalue weighted by atomic mass is 35.5. The average molecular weight is 539 g/mol. The van der Waals surface area contributed by atoms with Gasteiger partial charge in [0.15, 0.2) is 16.3 Å². The van der Waals surface area contributed by atoms with Crippen LogP contribution in [-0.4, -0.2) is 52.2 Å². The molecule has 2 aromatic heterocycles. The molecule has 2 aromatic carbocycles. The lowest BCUT2D eigenvalue weighted by molar-refractivity contribution is -0.384. The summed E-state index contributed by atoms with van der Waals surface area (Å²) in [5, 5.41) is 17.3. The number of fused-ring (bicyclic) bond motifs is 1. The van der Waals surface area contributed by atoms with Crippen LogP contribution >= 0.6 is 23.8 Å². The van der Waals surface area contributed by atoms with Gasteiger partial charge in [0.05, 0.1) is 40.0 Å². The Kier molecular flexibility index (Phi) is 6.95. The van der Waals surface area contributed by atoms with E-state index < -0.39 is 10.8 Å². The number of rotatable bonds is 5. The summed E-state index contributed by atoms with van der Waals surface area (Å²) in [7, 11) is 0. The molecule has 0 spiro atoms. The van der Waals surface area contributed by atoms with Crippen LogP contribution in [0.25, 0.3) is 22.7 Å². The standard InChI is InChI=1S/C24H19ClN6O5S/c25-18-5-3-14(12-16(18)23-28-21-20(36-23)2-1-7-26-21)27-24(37)29-22(32)17-13-15(31(33)34)4-6-19(17)30-8-10-35-11-9-30/h1-7,12-13H,8-11H2,(H2,27,29,32,37). The second kappa shape index (κ2) is 10.5. The van der Waals surface area contributed by atoms with Gasteiger partial charge >= 0.3 is 0 Å². The van der Waals surface area contributed by atoms with E-state index in [9.17, 15) is 14.9 Å². The van der Waals surface area contributed by atoms with Crippen LogP contribution in [0, 0.1) is 10.1 Å². The normalized spacial score (nSPS) is 13.4. The fourth-order valence-corrected chi connectivity index (χ4v) is 4.29. The Morgan fingerprint density at radius 1 is 1.16 bits per heavy atom. The molecular weight excluding hydrogens is 520 g/mol. The van der Waals surface area contributed by atoms with Crippen LogP contribution in [0.15, 0.2) is 59.1 Å². The number of nitro groups is 1. The lowest BCUT2D eigenvalue weighted by Crippen LogP contribution is -2.39. The molecule has 0 saturated carbocycles. The zero-order valence-corrected chi connectivity index (χ0v) is 20.7. The van der Waals surface area contributed by atoms with Crippen LogP contribution in [0.4, 0.5) is 17.1 Å². The maximum atomic E-state index is 13.2. The van der Waals surface area contributed by atoms with Crippen molar-refractivity contribution in [3.63, 3.8) is 0 Å². The molecule has 11 nitrogen and oxygen atoms in total. The van der Waals surface area contributed by atoms with Crippen molar-refractivity contribution in [1.29, 1.82) is 0 Å². The number of carbonyl (C=O) groups is 1. The third kappa shape index (κ3) is 5.35. The third-order valence-electron chi connectivity index (χ3n) is 5.63. The Hall–Kier alpha value is -4.13. The Balaban J connectivity index is 1.36.